The van der Waals surface area contributed by atoms with Crippen LogP contribution < -0.4 is 11.3 Å². The van der Waals surface area contributed by atoms with Crippen LogP contribution in [0.4, 0.5) is 0 Å². The lowest BCUT2D eigenvalue weighted by Gasteiger charge is -2.29. The number of nitrogens with one attached hydrogen (secondary N) is 1. The maximum absolute atomic E-state index is 13.2. The summed E-state index contributed by atoms with van der Waals surface area (Å²) in [6.07, 6.45) is 5.10. The minimum absolute atomic E-state index is 0.0750. The van der Waals surface area contributed by atoms with Gasteiger partial charge in [0.2, 0.25) is 5.91 Å². The number of unbranched alkanes of at least 4 members (excludes halogenated alkanes) is 3. The predicted molar refractivity (Wildman–Crippen MR) is 125 cm³/mol. The van der Waals surface area contributed by atoms with Gasteiger partial charge in [0.25, 0.3) is 5.56 Å². The number of benzene rings is 2. The average molecular weight is 421 g/mol. The first-order chi connectivity index (χ1) is 15.1. The number of aryl methyl sites for hydroxylation is 1. The molecule has 0 fully saturated rings. The molecule has 0 saturated heterocycles. The molecule has 0 radical (unpaired) electrons. The van der Waals surface area contributed by atoms with E-state index < -0.39 is 0 Å². The van der Waals surface area contributed by atoms with Crippen LogP contribution in [0.25, 0.3) is 10.9 Å². The van der Waals surface area contributed by atoms with Crippen LogP contribution in [0.5, 0.6) is 0 Å². The van der Waals surface area contributed by atoms with Gasteiger partial charge < -0.3 is 15.6 Å². The van der Waals surface area contributed by atoms with E-state index in [1.165, 1.54) is 0 Å². The van der Waals surface area contributed by atoms with Crippen LogP contribution >= 0.6 is 0 Å². The molecule has 1 amide bonds. The summed E-state index contributed by atoms with van der Waals surface area (Å²) in [5.41, 5.74) is 7.21. The molecule has 1 aromatic heterocycles. The highest BCUT2D eigenvalue weighted by Gasteiger charge is 2.23. The Morgan fingerprint density at radius 1 is 1.03 bits per heavy atom. The molecule has 31 heavy (non-hydrogen) atoms. The molecule has 0 aliphatic heterocycles. The van der Waals surface area contributed by atoms with Gasteiger partial charge >= 0.3 is 0 Å². The lowest BCUT2D eigenvalue weighted by Crippen LogP contribution is -2.36. The summed E-state index contributed by atoms with van der Waals surface area (Å²) in [5, 5.41) is 0.558. The molecule has 164 valence electrons. The van der Waals surface area contributed by atoms with E-state index >= 15 is 0 Å². The molecule has 0 unspecified atom stereocenters. The van der Waals surface area contributed by atoms with Crippen molar-refractivity contribution >= 4 is 16.8 Å². The van der Waals surface area contributed by atoms with Crippen molar-refractivity contribution in [2.75, 3.05) is 13.1 Å². The maximum Gasteiger partial charge on any atom is 0.258 e. The number of nitrogens with two attached hydrogens (primary N) is 1. The molecule has 0 aliphatic carbocycles. The molecule has 3 rings (SSSR count). The Balaban J connectivity index is 1.77. The molecule has 1 atom stereocenters. The second kappa shape index (κ2) is 11.4. The first kappa shape index (κ1) is 22.7. The largest absolute Gasteiger partial charge is 0.333 e. The standard InChI is InChI=1S/C25H32N4O2/c1-19(24-27-22-14-8-7-13-21(22)25(31)28-24)29(18-10-3-2-9-17-26)23(30)16-15-20-11-5-4-6-12-20/h4-8,11-14,19H,2-3,9-10,15-18,26H2,1H3,(H,27,28,31)/t19-/m1/s1. The van der Waals surface area contributed by atoms with E-state index in [1.807, 2.05) is 60.4 Å². The van der Waals surface area contributed by atoms with Crippen molar-refractivity contribution in [3.63, 3.8) is 0 Å². The van der Waals surface area contributed by atoms with E-state index in [0.29, 0.717) is 42.7 Å². The van der Waals surface area contributed by atoms with E-state index in [-0.39, 0.29) is 17.5 Å². The van der Waals surface area contributed by atoms with Gasteiger partial charge in [0.1, 0.15) is 5.82 Å². The molecule has 3 aromatic rings. The van der Waals surface area contributed by atoms with E-state index in [2.05, 4.69) is 9.97 Å². The smallest absolute Gasteiger partial charge is 0.258 e. The van der Waals surface area contributed by atoms with Crippen molar-refractivity contribution in [2.24, 2.45) is 5.73 Å². The zero-order chi connectivity index (χ0) is 22.1. The molecule has 3 N–H and O–H groups in total. The van der Waals surface area contributed by atoms with Crippen molar-refractivity contribution in [3.05, 3.63) is 76.3 Å². The average Bonchev–Trinajstić information content (AvgIpc) is 2.80. The summed E-state index contributed by atoms with van der Waals surface area (Å²) in [6, 6.07) is 17.0. The number of hydrogen-bond acceptors (Lipinski definition) is 4. The maximum atomic E-state index is 13.2. The molecule has 0 bridgehead atoms. The topological polar surface area (TPSA) is 92.1 Å². The minimum Gasteiger partial charge on any atom is -0.333 e. The second-order valence-electron chi connectivity index (χ2n) is 7.92. The van der Waals surface area contributed by atoms with Crippen molar-refractivity contribution < 1.29 is 4.79 Å². The molecule has 0 aliphatic rings. The molecule has 6 heteroatoms. The number of H-pyrrole nitrogens is 1. The van der Waals surface area contributed by atoms with Gasteiger partial charge in [-0.2, -0.15) is 0 Å². The zero-order valence-electron chi connectivity index (χ0n) is 18.2. The van der Waals surface area contributed by atoms with E-state index in [0.717, 1.165) is 31.2 Å². The lowest BCUT2D eigenvalue weighted by molar-refractivity contribution is -0.133. The third-order valence-electron chi connectivity index (χ3n) is 5.64. The Bertz CT molecular complexity index is 1030. The SMILES string of the molecule is C[C@H](c1nc2ccccc2c(=O)[nH]1)N(CCCCCCN)C(=O)CCc1ccccc1. The van der Waals surface area contributed by atoms with Gasteiger partial charge in [-0.15, -0.1) is 0 Å². The number of rotatable bonds is 11. The first-order valence-corrected chi connectivity index (χ1v) is 11.1. The Morgan fingerprint density at radius 3 is 2.52 bits per heavy atom. The van der Waals surface area contributed by atoms with Gasteiger partial charge in [0.15, 0.2) is 0 Å². The van der Waals surface area contributed by atoms with Crippen molar-refractivity contribution in [3.8, 4) is 0 Å². The van der Waals surface area contributed by atoms with Gasteiger partial charge in [0, 0.05) is 13.0 Å². The summed E-state index contributed by atoms with van der Waals surface area (Å²) < 4.78 is 0. The quantitative estimate of drug-likeness (QED) is 0.459. The molecular formula is C25H32N4O2. The van der Waals surface area contributed by atoms with Crippen LogP contribution in [-0.4, -0.2) is 33.9 Å². The molecule has 0 saturated carbocycles. The van der Waals surface area contributed by atoms with Crippen LogP contribution in [0.2, 0.25) is 0 Å². The van der Waals surface area contributed by atoms with Crippen LogP contribution in [0, 0.1) is 0 Å². The predicted octanol–water partition coefficient (Wildman–Crippen LogP) is 3.96. The highest BCUT2D eigenvalue weighted by atomic mass is 16.2. The number of carbonyl (C=O) groups is 1. The Morgan fingerprint density at radius 2 is 1.74 bits per heavy atom. The molecule has 6 nitrogen and oxygen atoms in total. The Labute approximate surface area is 183 Å². The van der Waals surface area contributed by atoms with E-state index in [1.54, 1.807) is 6.07 Å². The number of aromatic amines is 1. The zero-order valence-corrected chi connectivity index (χ0v) is 18.2. The van der Waals surface area contributed by atoms with Gasteiger partial charge in [0.05, 0.1) is 16.9 Å². The van der Waals surface area contributed by atoms with E-state index in [9.17, 15) is 9.59 Å². The van der Waals surface area contributed by atoms with Gasteiger partial charge in [-0.25, -0.2) is 4.98 Å². The van der Waals surface area contributed by atoms with Gasteiger partial charge in [-0.1, -0.05) is 55.3 Å². The van der Waals surface area contributed by atoms with Crippen LogP contribution in [0.3, 0.4) is 0 Å². The fourth-order valence-electron chi connectivity index (χ4n) is 3.80. The molecule has 1 heterocycles. The highest BCUT2D eigenvalue weighted by molar-refractivity contribution is 5.78. The second-order valence-corrected chi connectivity index (χ2v) is 7.92. The van der Waals surface area contributed by atoms with Crippen LogP contribution in [0.1, 0.15) is 56.5 Å². The number of nitrogens with zero attached hydrogens (tertiary/aromatic N) is 2. The Hall–Kier alpha value is -2.99. The van der Waals surface area contributed by atoms with Crippen molar-refractivity contribution in [2.45, 2.75) is 51.5 Å². The number of amides is 1. The third kappa shape index (κ3) is 6.25. The molecular weight excluding hydrogens is 388 g/mol. The summed E-state index contributed by atoms with van der Waals surface area (Å²) >= 11 is 0. The van der Waals surface area contributed by atoms with Crippen LogP contribution in [-0.2, 0) is 11.2 Å². The number of aromatic nitrogens is 2. The number of hydrogen-bond donors (Lipinski definition) is 2. The van der Waals surface area contributed by atoms with Crippen molar-refractivity contribution in [1.82, 2.24) is 14.9 Å². The minimum atomic E-state index is -0.310. The first-order valence-electron chi connectivity index (χ1n) is 11.1. The number of para-hydroxylation sites is 1. The third-order valence-corrected chi connectivity index (χ3v) is 5.64. The lowest BCUT2D eigenvalue weighted by atomic mass is 10.1. The fourth-order valence-corrected chi connectivity index (χ4v) is 3.80. The summed E-state index contributed by atoms with van der Waals surface area (Å²) in [6.45, 7) is 3.27. The Kier molecular flexibility index (Phi) is 8.35. The van der Waals surface area contributed by atoms with Crippen molar-refractivity contribution in [1.29, 1.82) is 0 Å². The number of carbonyl (C=O) groups excluding carboxylic acids is 1. The van der Waals surface area contributed by atoms with E-state index in [4.69, 9.17) is 5.73 Å². The van der Waals surface area contributed by atoms with Gasteiger partial charge in [-0.05, 0) is 50.4 Å². The summed E-state index contributed by atoms with van der Waals surface area (Å²) in [7, 11) is 0. The fraction of sp³-hybridized carbons (Fsp3) is 0.400. The number of fused-ring (bicyclic) bond motifs is 1. The summed E-state index contributed by atoms with van der Waals surface area (Å²) in [5.74, 6) is 0.602. The van der Waals surface area contributed by atoms with Crippen LogP contribution in [0.15, 0.2) is 59.4 Å². The van der Waals surface area contributed by atoms with Gasteiger partial charge in [-0.3, -0.25) is 9.59 Å². The monoisotopic (exact) mass is 420 g/mol. The normalized spacial score (nSPS) is 12.1. The molecule has 2 aromatic carbocycles. The highest BCUT2D eigenvalue weighted by Crippen LogP contribution is 2.20. The molecule has 0 spiro atoms. The summed E-state index contributed by atoms with van der Waals surface area (Å²) in [4.78, 5) is 35.1.